The van der Waals surface area contributed by atoms with Gasteiger partial charge in [0.25, 0.3) is 0 Å². The molecule has 0 aromatic rings. The van der Waals surface area contributed by atoms with Crippen molar-refractivity contribution in [2.45, 2.75) is 46.3 Å². The molecule has 62 valence electrons. The van der Waals surface area contributed by atoms with E-state index in [1.165, 1.54) is 0 Å². The van der Waals surface area contributed by atoms with E-state index in [4.69, 9.17) is 0 Å². The van der Waals surface area contributed by atoms with E-state index in [0.717, 1.165) is 0 Å². The Labute approximate surface area is 62.9 Å². The van der Waals surface area contributed by atoms with Crippen LogP contribution in [0.2, 0.25) is 0 Å². The summed E-state index contributed by atoms with van der Waals surface area (Å²) in [7, 11) is 0. The molecule has 0 bridgehead atoms. The van der Waals surface area contributed by atoms with Crippen LogP contribution in [0, 0.1) is 5.41 Å². The third-order valence-corrected chi connectivity index (χ3v) is 1.67. The summed E-state index contributed by atoms with van der Waals surface area (Å²) in [4.78, 5) is 0. The van der Waals surface area contributed by atoms with Gasteiger partial charge in [-0.1, -0.05) is 27.7 Å². The van der Waals surface area contributed by atoms with Gasteiger partial charge < -0.3 is 10.2 Å². The Kier molecular flexibility index (Phi) is 3.33. The number of aliphatic hydroxyl groups is 2. The largest absolute Gasteiger partial charge is 0.390 e. The lowest BCUT2D eigenvalue weighted by atomic mass is 9.85. The summed E-state index contributed by atoms with van der Waals surface area (Å²) < 4.78 is 0. The highest BCUT2D eigenvalue weighted by Crippen LogP contribution is 2.22. The van der Waals surface area contributed by atoms with Gasteiger partial charge in [-0.25, -0.2) is 0 Å². The smallest absolute Gasteiger partial charge is 0.0847 e. The van der Waals surface area contributed by atoms with E-state index < -0.39 is 12.2 Å². The molecule has 0 aliphatic rings. The number of rotatable bonds is 2. The van der Waals surface area contributed by atoms with Crippen LogP contribution in [0.4, 0.5) is 0 Å². The maximum absolute atomic E-state index is 9.40. The van der Waals surface area contributed by atoms with Gasteiger partial charge in [-0.3, -0.25) is 0 Å². The predicted octanol–water partition coefficient (Wildman–Crippen LogP) is 1.16. The second-order valence-corrected chi connectivity index (χ2v) is 3.79. The van der Waals surface area contributed by atoms with Crippen LogP contribution in [-0.4, -0.2) is 22.4 Å². The Bertz CT molecular complexity index is 93.9. The Balaban J connectivity index is 3.94. The molecule has 10 heavy (non-hydrogen) atoms. The van der Waals surface area contributed by atoms with E-state index in [9.17, 15) is 10.2 Å². The van der Waals surface area contributed by atoms with Crippen molar-refractivity contribution in [3.63, 3.8) is 0 Å². The van der Waals surface area contributed by atoms with Gasteiger partial charge in [0.15, 0.2) is 0 Å². The fourth-order valence-electron chi connectivity index (χ4n) is 0.800. The normalized spacial score (nSPS) is 18.6. The van der Waals surface area contributed by atoms with Crippen molar-refractivity contribution in [2.75, 3.05) is 0 Å². The summed E-state index contributed by atoms with van der Waals surface area (Å²) in [5, 5.41) is 18.6. The Morgan fingerprint density at radius 1 is 1.20 bits per heavy atom. The van der Waals surface area contributed by atoms with Crippen molar-refractivity contribution in [2.24, 2.45) is 5.41 Å². The SMILES string of the molecule is CC[C@H](O)[C@H](O)C(C)(C)C. The van der Waals surface area contributed by atoms with Gasteiger partial charge in [0, 0.05) is 0 Å². The molecular weight excluding hydrogens is 128 g/mol. The summed E-state index contributed by atoms with van der Waals surface area (Å²) in [6, 6.07) is 0. The second-order valence-electron chi connectivity index (χ2n) is 3.79. The highest BCUT2D eigenvalue weighted by molar-refractivity contribution is 4.78. The molecule has 2 nitrogen and oxygen atoms in total. The average Bonchev–Trinajstić information content (AvgIpc) is 1.83. The molecule has 0 rings (SSSR count). The number of aliphatic hydroxyl groups excluding tert-OH is 2. The van der Waals surface area contributed by atoms with Crippen LogP contribution in [0.1, 0.15) is 34.1 Å². The molecule has 0 aliphatic heterocycles. The predicted molar refractivity (Wildman–Crippen MR) is 41.8 cm³/mol. The third-order valence-electron chi connectivity index (χ3n) is 1.67. The molecule has 0 saturated heterocycles. The van der Waals surface area contributed by atoms with Crippen LogP contribution in [0.25, 0.3) is 0 Å². The van der Waals surface area contributed by atoms with Crippen molar-refractivity contribution < 1.29 is 10.2 Å². The first kappa shape index (κ1) is 9.92. The molecule has 2 heteroatoms. The van der Waals surface area contributed by atoms with E-state index in [1.807, 2.05) is 27.7 Å². The lowest BCUT2D eigenvalue weighted by Crippen LogP contribution is -2.37. The quantitative estimate of drug-likeness (QED) is 0.614. The molecule has 2 atom stereocenters. The maximum Gasteiger partial charge on any atom is 0.0847 e. The van der Waals surface area contributed by atoms with E-state index in [0.29, 0.717) is 6.42 Å². The van der Waals surface area contributed by atoms with Crippen LogP contribution < -0.4 is 0 Å². The van der Waals surface area contributed by atoms with Crippen molar-refractivity contribution in [3.8, 4) is 0 Å². The van der Waals surface area contributed by atoms with Gasteiger partial charge in [0.05, 0.1) is 12.2 Å². The van der Waals surface area contributed by atoms with Gasteiger partial charge >= 0.3 is 0 Å². The fraction of sp³-hybridized carbons (Fsp3) is 1.00. The van der Waals surface area contributed by atoms with Crippen LogP contribution in [0.3, 0.4) is 0 Å². The second kappa shape index (κ2) is 3.35. The van der Waals surface area contributed by atoms with Gasteiger partial charge in [0.2, 0.25) is 0 Å². The molecule has 2 N–H and O–H groups in total. The molecule has 0 saturated carbocycles. The van der Waals surface area contributed by atoms with E-state index in [2.05, 4.69) is 0 Å². The van der Waals surface area contributed by atoms with Crippen LogP contribution >= 0.6 is 0 Å². The average molecular weight is 146 g/mol. The summed E-state index contributed by atoms with van der Waals surface area (Å²) >= 11 is 0. The first-order chi connectivity index (χ1) is 4.39. The molecule has 0 heterocycles. The van der Waals surface area contributed by atoms with E-state index >= 15 is 0 Å². The molecule has 0 aromatic carbocycles. The molecule has 0 fully saturated rings. The third kappa shape index (κ3) is 2.67. The van der Waals surface area contributed by atoms with Gasteiger partial charge in [-0.15, -0.1) is 0 Å². The summed E-state index contributed by atoms with van der Waals surface area (Å²) in [5.74, 6) is 0. The summed E-state index contributed by atoms with van der Waals surface area (Å²) in [5.41, 5.74) is -0.213. The molecule has 0 radical (unpaired) electrons. The molecule has 0 unspecified atom stereocenters. The lowest BCUT2D eigenvalue weighted by Gasteiger charge is -2.29. The minimum absolute atomic E-state index is 0.213. The molecule has 0 aromatic heterocycles. The maximum atomic E-state index is 9.40. The van der Waals surface area contributed by atoms with Crippen molar-refractivity contribution >= 4 is 0 Å². The zero-order chi connectivity index (χ0) is 8.36. The van der Waals surface area contributed by atoms with Crippen molar-refractivity contribution in [3.05, 3.63) is 0 Å². The number of hydrogen-bond acceptors (Lipinski definition) is 2. The minimum Gasteiger partial charge on any atom is -0.390 e. The first-order valence-electron chi connectivity index (χ1n) is 3.75. The Morgan fingerprint density at radius 2 is 1.60 bits per heavy atom. The highest BCUT2D eigenvalue weighted by Gasteiger charge is 2.27. The van der Waals surface area contributed by atoms with Gasteiger partial charge in [0.1, 0.15) is 0 Å². The lowest BCUT2D eigenvalue weighted by molar-refractivity contribution is -0.0451. The van der Waals surface area contributed by atoms with E-state index in [1.54, 1.807) is 0 Å². The van der Waals surface area contributed by atoms with E-state index in [-0.39, 0.29) is 5.41 Å². The van der Waals surface area contributed by atoms with Crippen molar-refractivity contribution in [1.29, 1.82) is 0 Å². The highest BCUT2D eigenvalue weighted by atomic mass is 16.3. The zero-order valence-corrected chi connectivity index (χ0v) is 7.26. The summed E-state index contributed by atoms with van der Waals surface area (Å²) in [6.07, 6.45) is -0.587. The molecule has 0 aliphatic carbocycles. The molecule has 0 spiro atoms. The standard InChI is InChI=1S/C8H18O2/c1-5-6(9)7(10)8(2,3)4/h6-7,9-10H,5H2,1-4H3/t6-,7-/m0/s1. The molecular formula is C8H18O2. The number of hydrogen-bond donors (Lipinski definition) is 2. The summed E-state index contributed by atoms with van der Waals surface area (Å²) in [6.45, 7) is 7.60. The minimum atomic E-state index is -0.613. The topological polar surface area (TPSA) is 40.5 Å². The van der Waals surface area contributed by atoms with Crippen molar-refractivity contribution in [1.82, 2.24) is 0 Å². The monoisotopic (exact) mass is 146 g/mol. The van der Waals surface area contributed by atoms with Crippen LogP contribution in [0.15, 0.2) is 0 Å². The first-order valence-corrected chi connectivity index (χ1v) is 3.75. The Morgan fingerprint density at radius 3 is 1.70 bits per heavy atom. The van der Waals surface area contributed by atoms with Gasteiger partial charge in [-0.2, -0.15) is 0 Å². The van der Waals surface area contributed by atoms with Crippen LogP contribution in [0.5, 0.6) is 0 Å². The fourth-order valence-corrected chi connectivity index (χ4v) is 0.800. The zero-order valence-electron chi connectivity index (χ0n) is 7.26. The van der Waals surface area contributed by atoms with Crippen LogP contribution in [-0.2, 0) is 0 Å². The van der Waals surface area contributed by atoms with Gasteiger partial charge in [-0.05, 0) is 11.8 Å². The Hall–Kier alpha value is -0.0800. The molecule has 0 amide bonds.